The highest BCUT2D eigenvalue weighted by Crippen LogP contribution is 2.11. The Hall–Kier alpha value is -1.35. The van der Waals surface area contributed by atoms with Crippen LogP contribution in [-0.2, 0) is 16.0 Å². The topological polar surface area (TPSA) is 52.3 Å². The number of carbonyl (C=O) groups is 1. The van der Waals surface area contributed by atoms with E-state index in [-0.39, 0.29) is 5.97 Å². The SMILES string of the molecule is Cc1ccc(C[C@H](N)C(=O)OC(C)(C)C)cc1. The van der Waals surface area contributed by atoms with Crippen LogP contribution in [0.3, 0.4) is 0 Å². The first-order chi connectivity index (χ1) is 7.78. The zero-order valence-corrected chi connectivity index (χ0v) is 11.0. The molecule has 3 nitrogen and oxygen atoms in total. The van der Waals surface area contributed by atoms with Gasteiger partial charge in [0.25, 0.3) is 0 Å². The first-order valence-corrected chi connectivity index (χ1v) is 5.82. The minimum Gasteiger partial charge on any atom is -0.459 e. The highest BCUT2D eigenvalue weighted by molar-refractivity contribution is 5.76. The van der Waals surface area contributed by atoms with E-state index in [1.165, 1.54) is 5.56 Å². The van der Waals surface area contributed by atoms with Gasteiger partial charge in [-0.25, -0.2) is 0 Å². The zero-order chi connectivity index (χ0) is 13.1. The zero-order valence-electron chi connectivity index (χ0n) is 11.0. The van der Waals surface area contributed by atoms with Crippen molar-refractivity contribution in [2.75, 3.05) is 0 Å². The Morgan fingerprint density at radius 2 is 1.82 bits per heavy atom. The third-order valence-corrected chi connectivity index (χ3v) is 2.29. The number of esters is 1. The number of aryl methyl sites for hydroxylation is 1. The van der Waals surface area contributed by atoms with Gasteiger partial charge in [0.1, 0.15) is 11.6 Å². The van der Waals surface area contributed by atoms with E-state index in [1.807, 2.05) is 52.0 Å². The maximum Gasteiger partial charge on any atom is 0.323 e. The van der Waals surface area contributed by atoms with Crippen LogP contribution in [0.15, 0.2) is 24.3 Å². The van der Waals surface area contributed by atoms with Crippen LogP contribution < -0.4 is 5.73 Å². The fourth-order valence-corrected chi connectivity index (χ4v) is 1.44. The minimum absolute atomic E-state index is 0.349. The molecule has 0 saturated carbocycles. The van der Waals surface area contributed by atoms with Gasteiger partial charge in [-0.3, -0.25) is 4.79 Å². The van der Waals surface area contributed by atoms with Crippen molar-refractivity contribution >= 4 is 5.97 Å². The van der Waals surface area contributed by atoms with Gasteiger partial charge >= 0.3 is 5.97 Å². The molecule has 0 amide bonds. The van der Waals surface area contributed by atoms with Gasteiger partial charge in [-0.15, -0.1) is 0 Å². The van der Waals surface area contributed by atoms with Crippen molar-refractivity contribution < 1.29 is 9.53 Å². The maximum atomic E-state index is 11.7. The molecule has 0 aliphatic rings. The predicted molar refractivity (Wildman–Crippen MR) is 68.7 cm³/mol. The molecule has 1 rings (SSSR count). The van der Waals surface area contributed by atoms with E-state index in [1.54, 1.807) is 0 Å². The summed E-state index contributed by atoms with van der Waals surface area (Å²) in [6.07, 6.45) is 0.509. The Balaban J connectivity index is 2.57. The Bertz CT molecular complexity index is 376. The molecule has 0 aliphatic heterocycles. The van der Waals surface area contributed by atoms with Gasteiger partial charge in [0.15, 0.2) is 0 Å². The highest BCUT2D eigenvalue weighted by atomic mass is 16.6. The quantitative estimate of drug-likeness (QED) is 0.817. The van der Waals surface area contributed by atoms with Gasteiger partial charge in [-0.1, -0.05) is 29.8 Å². The molecule has 1 atom stereocenters. The molecule has 1 aromatic rings. The summed E-state index contributed by atoms with van der Waals surface area (Å²) in [4.78, 5) is 11.7. The minimum atomic E-state index is -0.600. The lowest BCUT2D eigenvalue weighted by molar-refractivity contribution is -0.156. The fourth-order valence-electron chi connectivity index (χ4n) is 1.44. The summed E-state index contributed by atoms with van der Waals surface area (Å²) in [5.41, 5.74) is 7.58. The second-order valence-corrected chi connectivity index (χ2v) is 5.33. The molecular formula is C14H21NO2. The van der Waals surface area contributed by atoms with E-state index in [2.05, 4.69) is 0 Å². The number of nitrogens with two attached hydrogens (primary N) is 1. The summed E-state index contributed by atoms with van der Waals surface area (Å²) in [5, 5.41) is 0. The van der Waals surface area contributed by atoms with Crippen LogP contribution in [0.1, 0.15) is 31.9 Å². The number of rotatable bonds is 3. The van der Waals surface area contributed by atoms with Crippen molar-refractivity contribution in [1.29, 1.82) is 0 Å². The molecule has 17 heavy (non-hydrogen) atoms. The molecular weight excluding hydrogens is 214 g/mol. The first-order valence-electron chi connectivity index (χ1n) is 5.82. The van der Waals surface area contributed by atoms with Gasteiger partial charge in [-0.2, -0.15) is 0 Å². The smallest absolute Gasteiger partial charge is 0.323 e. The van der Waals surface area contributed by atoms with Crippen molar-refractivity contribution in [3.8, 4) is 0 Å². The summed E-state index contributed by atoms with van der Waals surface area (Å²) in [6.45, 7) is 7.54. The molecule has 2 N–H and O–H groups in total. The van der Waals surface area contributed by atoms with E-state index in [0.29, 0.717) is 6.42 Å². The van der Waals surface area contributed by atoms with Gasteiger partial charge < -0.3 is 10.5 Å². The van der Waals surface area contributed by atoms with Crippen LogP contribution in [0.25, 0.3) is 0 Å². The summed E-state index contributed by atoms with van der Waals surface area (Å²) in [5.74, 6) is -0.349. The largest absolute Gasteiger partial charge is 0.459 e. The van der Waals surface area contributed by atoms with Gasteiger partial charge in [0, 0.05) is 0 Å². The summed E-state index contributed by atoms with van der Waals surface area (Å²) in [6, 6.07) is 7.39. The van der Waals surface area contributed by atoms with Gasteiger partial charge in [-0.05, 0) is 39.7 Å². The number of benzene rings is 1. The van der Waals surface area contributed by atoms with Gasteiger partial charge in [0.2, 0.25) is 0 Å². The highest BCUT2D eigenvalue weighted by Gasteiger charge is 2.22. The van der Waals surface area contributed by atoms with Crippen LogP contribution in [0.4, 0.5) is 0 Å². The molecule has 0 heterocycles. The molecule has 0 radical (unpaired) electrons. The van der Waals surface area contributed by atoms with Crippen molar-refractivity contribution in [3.05, 3.63) is 35.4 Å². The molecule has 0 unspecified atom stereocenters. The molecule has 3 heteroatoms. The average molecular weight is 235 g/mol. The van der Waals surface area contributed by atoms with Gasteiger partial charge in [0.05, 0.1) is 0 Å². The van der Waals surface area contributed by atoms with E-state index in [9.17, 15) is 4.79 Å². The summed E-state index contributed by atoms with van der Waals surface area (Å²) >= 11 is 0. The Kier molecular flexibility index (Phi) is 4.29. The van der Waals surface area contributed by atoms with Crippen molar-refractivity contribution in [3.63, 3.8) is 0 Å². The second-order valence-electron chi connectivity index (χ2n) is 5.33. The van der Waals surface area contributed by atoms with Crippen molar-refractivity contribution in [1.82, 2.24) is 0 Å². The third-order valence-electron chi connectivity index (χ3n) is 2.29. The lowest BCUT2D eigenvalue weighted by atomic mass is 10.0. The molecule has 0 bridgehead atoms. The Morgan fingerprint density at radius 1 is 1.29 bits per heavy atom. The molecule has 0 saturated heterocycles. The van der Waals surface area contributed by atoms with Crippen molar-refractivity contribution in [2.45, 2.75) is 45.8 Å². The van der Waals surface area contributed by atoms with Crippen LogP contribution in [0.2, 0.25) is 0 Å². The first kappa shape index (κ1) is 13.7. The lowest BCUT2D eigenvalue weighted by Crippen LogP contribution is -2.38. The number of hydrogen-bond donors (Lipinski definition) is 1. The molecule has 1 aromatic carbocycles. The summed E-state index contributed by atoms with van der Waals surface area (Å²) in [7, 11) is 0. The molecule has 0 aromatic heterocycles. The monoisotopic (exact) mass is 235 g/mol. The van der Waals surface area contributed by atoms with E-state index in [4.69, 9.17) is 10.5 Å². The standard InChI is InChI=1S/C14H21NO2/c1-10-5-7-11(8-6-10)9-12(15)13(16)17-14(2,3)4/h5-8,12H,9,15H2,1-4H3/t12-/m0/s1. The Labute approximate surface area is 103 Å². The fraction of sp³-hybridized carbons (Fsp3) is 0.500. The Morgan fingerprint density at radius 3 is 2.29 bits per heavy atom. The normalized spacial score (nSPS) is 13.2. The molecule has 0 aliphatic carbocycles. The third kappa shape index (κ3) is 5.00. The van der Waals surface area contributed by atoms with Crippen LogP contribution in [0, 0.1) is 6.92 Å². The predicted octanol–water partition coefficient (Wildman–Crippen LogP) is 2.21. The van der Waals surface area contributed by atoms with E-state index < -0.39 is 11.6 Å². The summed E-state index contributed by atoms with van der Waals surface area (Å²) < 4.78 is 5.23. The van der Waals surface area contributed by atoms with E-state index >= 15 is 0 Å². The molecule has 94 valence electrons. The van der Waals surface area contributed by atoms with Crippen LogP contribution >= 0.6 is 0 Å². The lowest BCUT2D eigenvalue weighted by Gasteiger charge is -2.22. The number of hydrogen-bond acceptors (Lipinski definition) is 3. The number of ether oxygens (including phenoxy) is 1. The molecule has 0 spiro atoms. The average Bonchev–Trinajstić information content (AvgIpc) is 2.19. The maximum absolute atomic E-state index is 11.7. The van der Waals surface area contributed by atoms with Crippen LogP contribution in [0.5, 0.6) is 0 Å². The second kappa shape index (κ2) is 5.32. The van der Waals surface area contributed by atoms with Crippen LogP contribution in [-0.4, -0.2) is 17.6 Å². The number of carbonyl (C=O) groups excluding carboxylic acids is 1. The van der Waals surface area contributed by atoms with Crippen molar-refractivity contribution in [2.24, 2.45) is 5.73 Å². The molecule has 0 fully saturated rings. The van der Waals surface area contributed by atoms with E-state index in [0.717, 1.165) is 5.56 Å².